The van der Waals surface area contributed by atoms with E-state index in [4.69, 9.17) is 34.8 Å². The van der Waals surface area contributed by atoms with Crippen LogP contribution in [-0.4, -0.2) is 10.2 Å². The van der Waals surface area contributed by atoms with E-state index in [-0.39, 0.29) is 5.12 Å². The molecule has 0 saturated heterocycles. The molecular weight excluding hydrogens is 488 g/mol. The van der Waals surface area contributed by atoms with Crippen molar-refractivity contribution in [1.82, 2.24) is 0 Å². The third kappa shape index (κ3) is 3.94. The number of thioether (sulfide) groups is 1. The Labute approximate surface area is 166 Å². The van der Waals surface area contributed by atoms with Crippen molar-refractivity contribution in [3.63, 3.8) is 0 Å². The van der Waals surface area contributed by atoms with Gasteiger partial charge in [-0.1, -0.05) is 40.9 Å². The highest BCUT2D eigenvalue weighted by Crippen LogP contribution is 2.33. The summed E-state index contributed by atoms with van der Waals surface area (Å²) >= 11 is 21.5. The van der Waals surface area contributed by atoms with Crippen molar-refractivity contribution in [3.8, 4) is 0 Å². The molecule has 0 aromatic heterocycles. The highest BCUT2D eigenvalue weighted by molar-refractivity contribution is 14.1. The maximum Gasteiger partial charge on any atom is 0.244 e. The van der Waals surface area contributed by atoms with Crippen molar-refractivity contribution in [2.24, 2.45) is 4.99 Å². The molecule has 0 radical (unpaired) electrons. The molecule has 0 bridgehead atoms. The van der Waals surface area contributed by atoms with E-state index >= 15 is 0 Å². The predicted molar refractivity (Wildman–Crippen MR) is 108 cm³/mol. The Kier molecular flexibility index (Phi) is 5.38. The van der Waals surface area contributed by atoms with Crippen molar-refractivity contribution < 1.29 is 4.79 Å². The average Bonchev–Trinajstić information content (AvgIpc) is 2.85. The molecule has 3 rings (SSSR count). The predicted octanol–water partition coefficient (Wildman–Crippen LogP) is 6.31. The third-order valence-corrected chi connectivity index (χ3v) is 5.50. The van der Waals surface area contributed by atoms with Gasteiger partial charge in [-0.15, -0.1) is 0 Å². The zero-order valence-electron chi connectivity index (χ0n) is 11.3. The molecular formula is C16H7Cl3INOS. The van der Waals surface area contributed by atoms with E-state index in [9.17, 15) is 4.79 Å². The number of hydrogen-bond acceptors (Lipinski definition) is 3. The molecule has 2 aromatic rings. The van der Waals surface area contributed by atoms with E-state index in [1.807, 2.05) is 12.1 Å². The van der Waals surface area contributed by atoms with Crippen LogP contribution in [0.1, 0.15) is 11.1 Å². The Morgan fingerprint density at radius 1 is 1.04 bits per heavy atom. The quantitative estimate of drug-likeness (QED) is 0.362. The van der Waals surface area contributed by atoms with Crippen molar-refractivity contribution in [2.45, 2.75) is 0 Å². The van der Waals surface area contributed by atoms with Crippen molar-refractivity contribution >= 4 is 85.4 Å². The van der Waals surface area contributed by atoms with Crippen LogP contribution in [0.3, 0.4) is 0 Å². The largest absolute Gasteiger partial charge is 0.279 e. The van der Waals surface area contributed by atoms with Gasteiger partial charge in [0.2, 0.25) is 5.12 Å². The molecule has 116 valence electrons. The van der Waals surface area contributed by atoms with E-state index in [0.29, 0.717) is 31.4 Å². The topological polar surface area (TPSA) is 29.4 Å². The summed E-state index contributed by atoms with van der Waals surface area (Å²) in [6.45, 7) is 0. The summed E-state index contributed by atoms with van der Waals surface area (Å²) in [7, 11) is 0. The molecule has 0 fully saturated rings. The zero-order chi connectivity index (χ0) is 16.6. The first-order valence-corrected chi connectivity index (χ1v) is 9.40. The van der Waals surface area contributed by atoms with Gasteiger partial charge < -0.3 is 0 Å². The van der Waals surface area contributed by atoms with Crippen LogP contribution in [0.25, 0.3) is 6.08 Å². The van der Waals surface area contributed by atoms with Gasteiger partial charge in [0.15, 0.2) is 0 Å². The molecule has 0 atom stereocenters. The molecule has 1 aliphatic rings. The van der Waals surface area contributed by atoms with Crippen molar-refractivity contribution in [1.29, 1.82) is 0 Å². The first-order chi connectivity index (χ1) is 10.9. The van der Waals surface area contributed by atoms with E-state index in [0.717, 1.165) is 20.9 Å². The normalized spacial score (nSPS) is 16.1. The third-order valence-electron chi connectivity index (χ3n) is 3.03. The maximum absolute atomic E-state index is 12.2. The Hall–Kier alpha value is -0.530. The minimum absolute atomic E-state index is 0.138. The Balaban J connectivity index is 2.01. The fraction of sp³-hybridized carbons (Fsp3) is 0. The molecule has 1 aliphatic heterocycles. The summed E-state index contributed by atoms with van der Waals surface area (Å²) in [6, 6.07) is 10.7. The molecule has 1 heterocycles. The Bertz CT molecular complexity index is 880. The van der Waals surface area contributed by atoms with Crippen LogP contribution >= 0.6 is 69.2 Å². The summed E-state index contributed by atoms with van der Waals surface area (Å²) in [6.07, 6.45) is 1.66. The second-order valence-corrected chi connectivity index (χ2v) is 8.08. The number of rotatable bonds is 2. The van der Waals surface area contributed by atoms with Gasteiger partial charge >= 0.3 is 0 Å². The molecule has 2 nitrogen and oxygen atoms in total. The van der Waals surface area contributed by atoms with Gasteiger partial charge in [0, 0.05) is 19.2 Å². The van der Waals surface area contributed by atoms with E-state index in [1.165, 1.54) is 0 Å². The highest BCUT2D eigenvalue weighted by Gasteiger charge is 2.25. The SMILES string of the molecule is O=C1SC(c2cc(I)ccc2Cl)=NC1=Cc1ccc(Cl)cc1Cl. The molecule has 23 heavy (non-hydrogen) atoms. The van der Waals surface area contributed by atoms with Gasteiger partial charge in [0.1, 0.15) is 10.7 Å². The number of aliphatic imine (C=N–C) groups is 1. The van der Waals surface area contributed by atoms with Crippen LogP contribution in [-0.2, 0) is 4.79 Å². The Morgan fingerprint density at radius 2 is 1.83 bits per heavy atom. The van der Waals surface area contributed by atoms with Crippen LogP contribution in [0, 0.1) is 3.57 Å². The zero-order valence-corrected chi connectivity index (χ0v) is 16.6. The molecule has 0 unspecified atom stereocenters. The highest BCUT2D eigenvalue weighted by atomic mass is 127. The first-order valence-electron chi connectivity index (χ1n) is 6.37. The van der Waals surface area contributed by atoms with E-state index in [2.05, 4.69) is 27.6 Å². The molecule has 0 amide bonds. The van der Waals surface area contributed by atoms with Gasteiger partial charge in [0.05, 0.1) is 5.02 Å². The van der Waals surface area contributed by atoms with E-state index < -0.39 is 0 Å². The van der Waals surface area contributed by atoms with Crippen LogP contribution in [0.5, 0.6) is 0 Å². The second kappa shape index (κ2) is 7.15. The lowest BCUT2D eigenvalue weighted by Gasteiger charge is -2.02. The fourth-order valence-corrected chi connectivity index (χ4v) is 3.98. The van der Waals surface area contributed by atoms with E-state index in [1.54, 1.807) is 30.3 Å². The lowest BCUT2D eigenvalue weighted by atomic mass is 10.2. The average molecular weight is 495 g/mol. The number of hydrogen-bond donors (Lipinski definition) is 0. The number of nitrogens with zero attached hydrogens (tertiary/aromatic N) is 1. The summed E-state index contributed by atoms with van der Waals surface area (Å²) in [4.78, 5) is 16.6. The molecule has 2 aromatic carbocycles. The van der Waals surface area contributed by atoms with Crippen LogP contribution in [0.15, 0.2) is 47.1 Å². The lowest BCUT2D eigenvalue weighted by Crippen LogP contribution is -1.95. The molecule has 0 aliphatic carbocycles. The fourth-order valence-electron chi connectivity index (χ4n) is 1.95. The summed E-state index contributed by atoms with van der Waals surface area (Å²) in [5.41, 5.74) is 1.78. The van der Waals surface area contributed by atoms with Crippen LogP contribution in [0.2, 0.25) is 15.1 Å². The second-order valence-electron chi connectivity index (χ2n) is 4.63. The maximum atomic E-state index is 12.2. The van der Waals surface area contributed by atoms with Gasteiger partial charge in [0.25, 0.3) is 0 Å². The summed E-state index contributed by atoms with van der Waals surface area (Å²) in [5, 5.41) is 2.03. The first kappa shape index (κ1) is 17.3. The smallest absolute Gasteiger partial charge is 0.244 e. The summed E-state index contributed by atoms with van der Waals surface area (Å²) in [5.74, 6) is 0. The molecule has 0 spiro atoms. The van der Waals surface area contributed by atoms with Crippen LogP contribution < -0.4 is 0 Å². The number of carbonyl (C=O) groups excluding carboxylic acids is 1. The minimum atomic E-state index is -0.138. The number of halogens is 4. The standard InChI is InChI=1S/C16H7Cl3INOS/c17-9-2-1-8(13(19)6-9)5-14-16(22)23-15(21-14)11-7-10(20)3-4-12(11)18/h1-7H. The van der Waals surface area contributed by atoms with Gasteiger partial charge in [-0.2, -0.15) is 0 Å². The number of carbonyl (C=O) groups is 1. The minimum Gasteiger partial charge on any atom is -0.279 e. The van der Waals surface area contributed by atoms with Crippen molar-refractivity contribution in [2.75, 3.05) is 0 Å². The summed E-state index contributed by atoms with van der Waals surface area (Å²) < 4.78 is 1.02. The lowest BCUT2D eigenvalue weighted by molar-refractivity contribution is -0.107. The number of benzene rings is 2. The van der Waals surface area contributed by atoms with Gasteiger partial charge in [-0.3, -0.25) is 4.79 Å². The Morgan fingerprint density at radius 3 is 2.57 bits per heavy atom. The van der Waals surface area contributed by atoms with Crippen molar-refractivity contribution in [3.05, 3.63) is 71.9 Å². The molecule has 0 N–H and O–H groups in total. The van der Waals surface area contributed by atoms with Gasteiger partial charge in [-0.25, -0.2) is 4.99 Å². The molecule has 7 heteroatoms. The van der Waals surface area contributed by atoms with Gasteiger partial charge in [-0.05, 0) is 76.3 Å². The monoisotopic (exact) mass is 493 g/mol. The molecule has 0 saturated carbocycles. The van der Waals surface area contributed by atoms with Crippen LogP contribution in [0.4, 0.5) is 0 Å².